The highest BCUT2D eigenvalue weighted by molar-refractivity contribution is 5.82. The zero-order chi connectivity index (χ0) is 10.9. The second-order valence-electron chi connectivity index (χ2n) is 4.69. The molecule has 2 atom stereocenters. The minimum absolute atomic E-state index is 0.0682. The minimum Gasteiger partial charge on any atom is -0.481 e. The molecule has 0 heterocycles. The Labute approximate surface area is 83.5 Å². The summed E-state index contributed by atoms with van der Waals surface area (Å²) in [6.45, 7) is 4.06. The number of carboxylic acid groups (broad SMARTS) is 1. The van der Waals surface area contributed by atoms with Gasteiger partial charge < -0.3 is 10.8 Å². The first kappa shape index (κ1) is 11.0. The third-order valence-corrected chi connectivity index (χ3v) is 2.85. The second-order valence-corrected chi connectivity index (χ2v) is 4.69. The first-order chi connectivity index (χ1) is 6.37. The summed E-state index contributed by atoms with van der Waals surface area (Å²) in [6.07, 6.45) is 1.48. The summed E-state index contributed by atoms with van der Waals surface area (Å²) in [5, 5.41) is 8.75. The van der Waals surface area contributed by atoms with Crippen LogP contribution in [0.15, 0.2) is 0 Å². The molecule has 0 spiro atoms. The lowest BCUT2D eigenvalue weighted by atomic mass is 9.88. The number of carbonyl (C=O) groups excluding carboxylic acids is 1. The van der Waals surface area contributed by atoms with Crippen molar-refractivity contribution in [1.29, 1.82) is 0 Å². The number of amides is 1. The SMILES string of the molecule is CC(C)CC1(CC(=O)O)C[C@H]1C(N)=O. The monoisotopic (exact) mass is 199 g/mol. The Bertz CT molecular complexity index is 262. The molecule has 0 radical (unpaired) electrons. The van der Waals surface area contributed by atoms with Gasteiger partial charge in [-0.25, -0.2) is 0 Å². The van der Waals surface area contributed by atoms with E-state index in [4.69, 9.17) is 10.8 Å². The molecule has 4 heteroatoms. The van der Waals surface area contributed by atoms with Crippen LogP contribution in [-0.4, -0.2) is 17.0 Å². The van der Waals surface area contributed by atoms with Gasteiger partial charge in [0.2, 0.25) is 5.91 Å². The first-order valence-corrected chi connectivity index (χ1v) is 4.88. The summed E-state index contributed by atoms with van der Waals surface area (Å²) < 4.78 is 0. The second kappa shape index (κ2) is 3.59. The number of carboxylic acids is 1. The lowest BCUT2D eigenvalue weighted by Crippen LogP contribution is -2.22. The third kappa shape index (κ3) is 2.25. The zero-order valence-corrected chi connectivity index (χ0v) is 8.62. The maximum Gasteiger partial charge on any atom is 0.303 e. The molecule has 0 aromatic heterocycles. The molecular weight excluding hydrogens is 182 g/mol. The molecule has 0 aromatic carbocycles. The van der Waals surface area contributed by atoms with E-state index in [2.05, 4.69) is 0 Å². The molecule has 1 unspecified atom stereocenters. The topological polar surface area (TPSA) is 80.4 Å². The van der Waals surface area contributed by atoms with E-state index in [1.807, 2.05) is 13.8 Å². The van der Waals surface area contributed by atoms with Crippen molar-refractivity contribution in [2.24, 2.45) is 23.0 Å². The van der Waals surface area contributed by atoms with Crippen molar-refractivity contribution >= 4 is 11.9 Å². The van der Waals surface area contributed by atoms with E-state index in [0.717, 1.165) is 6.42 Å². The zero-order valence-electron chi connectivity index (χ0n) is 8.62. The van der Waals surface area contributed by atoms with Crippen LogP contribution >= 0.6 is 0 Å². The molecule has 1 fully saturated rings. The van der Waals surface area contributed by atoms with Crippen LogP contribution in [0.1, 0.15) is 33.1 Å². The van der Waals surface area contributed by atoms with Crippen LogP contribution in [0.2, 0.25) is 0 Å². The maximum absolute atomic E-state index is 11.0. The van der Waals surface area contributed by atoms with Crippen LogP contribution in [0.5, 0.6) is 0 Å². The Kier molecular flexibility index (Phi) is 2.83. The number of hydrogen-bond donors (Lipinski definition) is 2. The van der Waals surface area contributed by atoms with Crippen molar-refractivity contribution in [1.82, 2.24) is 0 Å². The number of primary amides is 1. The smallest absolute Gasteiger partial charge is 0.303 e. The van der Waals surface area contributed by atoms with Gasteiger partial charge in [-0.15, -0.1) is 0 Å². The maximum atomic E-state index is 11.0. The van der Waals surface area contributed by atoms with Gasteiger partial charge in [-0.2, -0.15) is 0 Å². The molecular formula is C10H17NO3. The number of rotatable bonds is 5. The van der Waals surface area contributed by atoms with Crippen molar-refractivity contribution in [2.75, 3.05) is 0 Å². The molecule has 0 saturated heterocycles. The molecule has 1 saturated carbocycles. The molecule has 0 bridgehead atoms. The van der Waals surface area contributed by atoms with E-state index in [1.54, 1.807) is 0 Å². The number of carbonyl (C=O) groups is 2. The highest BCUT2D eigenvalue weighted by Crippen LogP contribution is 2.58. The van der Waals surface area contributed by atoms with Gasteiger partial charge >= 0.3 is 5.97 Å². The first-order valence-electron chi connectivity index (χ1n) is 4.88. The Morgan fingerprint density at radius 3 is 2.43 bits per heavy atom. The van der Waals surface area contributed by atoms with Crippen LogP contribution in [0.25, 0.3) is 0 Å². The van der Waals surface area contributed by atoms with E-state index >= 15 is 0 Å². The summed E-state index contributed by atoms with van der Waals surface area (Å²) in [6, 6.07) is 0. The van der Waals surface area contributed by atoms with E-state index in [9.17, 15) is 9.59 Å². The Balaban J connectivity index is 2.65. The summed E-state index contributed by atoms with van der Waals surface area (Å²) >= 11 is 0. The quantitative estimate of drug-likeness (QED) is 0.693. The van der Waals surface area contributed by atoms with Crippen molar-refractivity contribution in [3.63, 3.8) is 0 Å². The van der Waals surface area contributed by atoms with Gasteiger partial charge in [-0.1, -0.05) is 13.8 Å². The lowest BCUT2D eigenvalue weighted by Gasteiger charge is -2.16. The van der Waals surface area contributed by atoms with Gasteiger partial charge in [0.25, 0.3) is 0 Å². The van der Waals surface area contributed by atoms with Crippen molar-refractivity contribution < 1.29 is 14.7 Å². The predicted octanol–water partition coefficient (Wildman–Crippen LogP) is 0.999. The molecule has 80 valence electrons. The fourth-order valence-electron chi connectivity index (χ4n) is 2.36. The van der Waals surface area contributed by atoms with E-state index in [-0.39, 0.29) is 23.7 Å². The van der Waals surface area contributed by atoms with Crippen molar-refractivity contribution in [3.05, 3.63) is 0 Å². The summed E-state index contributed by atoms with van der Waals surface area (Å²) in [5.74, 6) is -1.01. The summed E-state index contributed by atoms with van der Waals surface area (Å²) in [4.78, 5) is 21.6. The Morgan fingerprint density at radius 1 is 1.57 bits per heavy atom. The molecule has 0 aliphatic heterocycles. The van der Waals surface area contributed by atoms with E-state index < -0.39 is 5.97 Å². The Hall–Kier alpha value is -1.06. The van der Waals surface area contributed by atoms with Gasteiger partial charge in [0.1, 0.15) is 0 Å². The van der Waals surface area contributed by atoms with Crippen molar-refractivity contribution in [2.45, 2.75) is 33.1 Å². The molecule has 1 aliphatic carbocycles. The van der Waals surface area contributed by atoms with Gasteiger partial charge in [-0.3, -0.25) is 9.59 Å². The van der Waals surface area contributed by atoms with E-state index in [1.165, 1.54) is 0 Å². The van der Waals surface area contributed by atoms with Crippen LogP contribution in [0.4, 0.5) is 0 Å². The third-order valence-electron chi connectivity index (χ3n) is 2.85. The highest BCUT2D eigenvalue weighted by atomic mass is 16.4. The number of aliphatic carboxylic acids is 1. The molecule has 14 heavy (non-hydrogen) atoms. The molecule has 4 nitrogen and oxygen atoms in total. The molecule has 1 rings (SSSR count). The van der Waals surface area contributed by atoms with Crippen LogP contribution in [-0.2, 0) is 9.59 Å². The normalized spacial score (nSPS) is 30.4. The van der Waals surface area contributed by atoms with Crippen LogP contribution in [0.3, 0.4) is 0 Å². The van der Waals surface area contributed by atoms with Gasteiger partial charge in [0, 0.05) is 5.92 Å². The molecule has 1 amide bonds. The number of hydrogen-bond acceptors (Lipinski definition) is 2. The molecule has 1 aliphatic rings. The lowest BCUT2D eigenvalue weighted by molar-refractivity contribution is -0.138. The average molecular weight is 199 g/mol. The predicted molar refractivity (Wildman–Crippen MR) is 51.4 cm³/mol. The summed E-state index contributed by atoms with van der Waals surface area (Å²) in [5.41, 5.74) is 4.85. The minimum atomic E-state index is -0.839. The summed E-state index contributed by atoms with van der Waals surface area (Å²) in [7, 11) is 0. The van der Waals surface area contributed by atoms with Gasteiger partial charge in [0.15, 0.2) is 0 Å². The van der Waals surface area contributed by atoms with Crippen LogP contribution < -0.4 is 5.73 Å². The largest absolute Gasteiger partial charge is 0.481 e. The van der Waals surface area contributed by atoms with Crippen molar-refractivity contribution in [3.8, 4) is 0 Å². The van der Waals surface area contributed by atoms with Crippen LogP contribution in [0, 0.1) is 17.3 Å². The van der Waals surface area contributed by atoms with E-state index in [0.29, 0.717) is 12.3 Å². The number of nitrogens with two attached hydrogens (primary N) is 1. The molecule has 3 N–H and O–H groups in total. The van der Waals surface area contributed by atoms with Gasteiger partial charge in [0.05, 0.1) is 6.42 Å². The van der Waals surface area contributed by atoms with Gasteiger partial charge in [-0.05, 0) is 24.2 Å². The highest BCUT2D eigenvalue weighted by Gasteiger charge is 2.58. The standard InChI is InChI=1S/C10H17NO3/c1-6(2)3-10(5-8(12)13)4-7(10)9(11)14/h6-7H,3-5H2,1-2H3,(H2,11,14)(H,12,13)/t7-,10?/m0/s1. The fourth-order valence-corrected chi connectivity index (χ4v) is 2.36. The average Bonchev–Trinajstić information content (AvgIpc) is 2.59. The fraction of sp³-hybridized carbons (Fsp3) is 0.800. The molecule has 0 aromatic rings. The Morgan fingerprint density at radius 2 is 2.14 bits per heavy atom.